The zero-order valence-electron chi connectivity index (χ0n) is 11.4. The van der Waals surface area contributed by atoms with Gasteiger partial charge in [0.2, 0.25) is 5.91 Å². The van der Waals surface area contributed by atoms with E-state index in [-0.39, 0.29) is 5.91 Å². The first-order chi connectivity index (χ1) is 9.15. The summed E-state index contributed by atoms with van der Waals surface area (Å²) in [6.45, 7) is 5.60. The number of likely N-dealkylation sites (tertiary alicyclic amines) is 1. The molecule has 1 amide bonds. The van der Waals surface area contributed by atoms with Gasteiger partial charge < -0.3 is 10.2 Å². The van der Waals surface area contributed by atoms with E-state index in [0.29, 0.717) is 17.1 Å². The molecule has 19 heavy (non-hydrogen) atoms. The van der Waals surface area contributed by atoms with Gasteiger partial charge in [-0.2, -0.15) is 0 Å². The quantitative estimate of drug-likeness (QED) is 0.869. The van der Waals surface area contributed by atoms with Crippen LogP contribution in [0.25, 0.3) is 0 Å². The number of amides is 1. The standard InChI is InChI=1S/C15H21ClN2O/c1-12-5-4-9-18(11-12)10-8-15(19)17-14-7-3-2-6-13(14)16/h2-3,6-7,12H,4-5,8-11H2,1H3,(H,17,19)/p+1. The van der Waals surface area contributed by atoms with Crippen LogP contribution in [0.3, 0.4) is 0 Å². The Bertz CT molecular complexity index is 436. The van der Waals surface area contributed by atoms with Crippen LogP contribution < -0.4 is 10.2 Å². The fraction of sp³-hybridized carbons (Fsp3) is 0.533. The molecule has 1 heterocycles. The number of quaternary nitrogens is 1. The Hall–Kier alpha value is -1.06. The molecule has 1 aliphatic heterocycles. The van der Waals surface area contributed by atoms with Crippen molar-refractivity contribution in [1.29, 1.82) is 0 Å². The van der Waals surface area contributed by atoms with Crippen LogP contribution in [0.4, 0.5) is 5.69 Å². The number of nitrogens with one attached hydrogen (secondary N) is 2. The largest absolute Gasteiger partial charge is 0.334 e. The molecule has 1 fully saturated rings. The minimum Gasteiger partial charge on any atom is -0.334 e. The molecular formula is C15H22ClN2O+. The molecule has 4 heteroatoms. The summed E-state index contributed by atoms with van der Waals surface area (Å²) in [4.78, 5) is 13.5. The van der Waals surface area contributed by atoms with Gasteiger partial charge in [0.1, 0.15) is 0 Å². The molecule has 0 bridgehead atoms. The molecule has 1 saturated heterocycles. The number of para-hydroxylation sites is 1. The maximum atomic E-state index is 11.9. The van der Waals surface area contributed by atoms with Gasteiger partial charge in [0.05, 0.1) is 36.8 Å². The molecule has 0 radical (unpaired) electrons. The zero-order chi connectivity index (χ0) is 13.7. The molecule has 2 unspecified atom stereocenters. The topological polar surface area (TPSA) is 33.5 Å². The van der Waals surface area contributed by atoms with Crippen molar-refractivity contribution in [2.45, 2.75) is 26.2 Å². The summed E-state index contributed by atoms with van der Waals surface area (Å²) >= 11 is 6.02. The van der Waals surface area contributed by atoms with Gasteiger partial charge in [-0.1, -0.05) is 30.7 Å². The molecular weight excluding hydrogens is 260 g/mol. The fourth-order valence-electron chi connectivity index (χ4n) is 2.69. The normalized spacial score (nSPS) is 23.1. The number of hydrogen-bond donors (Lipinski definition) is 2. The third-order valence-corrected chi connectivity index (χ3v) is 4.05. The first-order valence-corrected chi connectivity index (χ1v) is 7.41. The highest BCUT2D eigenvalue weighted by Crippen LogP contribution is 2.20. The van der Waals surface area contributed by atoms with E-state index < -0.39 is 0 Å². The molecule has 2 atom stereocenters. The van der Waals surface area contributed by atoms with Crippen molar-refractivity contribution in [2.75, 3.05) is 25.0 Å². The summed E-state index contributed by atoms with van der Waals surface area (Å²) in [6, 6.07) is 7.35. The van der Waals surface area contributed by atoms with E-state index in [1.54, 1.807) is 11.0 Å². The number of piperidine rings is 1. The number of benzene rings is 1. The van der Waals surface area contributed by atoms with E-state index in [1.165, 1.54) is 25.9 Å². The predicted octanol–water partition coefficient (Wildman–Crippen LogP) is 1.98. The van der Waals surface area contributed by atoms with Gasteiger partial charge in [-0.15, -0.1) is 0 Å². The van der Waals surface area contributed by atoms with Gasteiger partial charge in [-0.3, -0.25) is 4.79 Å². The van der Waals surface area contributed by atoms with Gasteiger partial charge in [-0.25, -0.2) is 0 Å². The second kappa shape index (κ2) is 6.92. The number of hydrogen-bond acceptors (Lipinski definition) is 1. The fourth-order valence-corrected chi connectivity index (χ4v) is 2.87. The lowest BCUT2D eigenvalue weighted by Gasteiger charge is -2.27. The van der Waals surface area contributed by atoms with Crippen LogP contribution in [0.15, 0.2) is 24.3 Å². The SMILES string of the molecule is CC1CCC[NH+](CCC(=O)Nc2ccccc2Cl)C1. The maximum absolute atomic E-state index is 11.9. The minimum absolute atomic E-state index is 0.0545. The summed E-state index contributed by atoms with van der Waals surface area (Å²) < 4.78 is 0. The average molecular weight is 282 g/mol. The third-order valence-electron chi connectivity index (χ3n) is 3.72. The van der Waals surface area contributed by atoms with E-state index in [0.717, 1.165) is 12.5 Å². The van der Waals surface area contributed by atoms with Crippen molar-refractivity contribution >= 4 is 23.2 Å². The predicted molar refractivity (Wildman–Crippen MR) is 78.7 cm³/mol. The summed E-state index contributed by atoms with van der Waals surface area (Å²) in [5.74, 6) is 0.842. The Balaban J connectivity index is 1.77. The highest BCUT2D eigenvalue weighted by molar-refractivity contribution is 6.33. The Labute approximate surface area is 119 Å². The number of carbonyl (C=O) groups excluding carboxylic acids is 1. The summed E-state index contributed by atoms with van der Waals surface area (Å²) in [7, 11) is 0. The molecule has 0 aliphatic carbocycles. The van der Waals surface area contributed by atoms with Crippen molar-refractivity contribution < 1.29 is 9.69 Å². The van der Waals surface area contributed by atoms with Crippen molar-refractivity contribution in [3.63, 3.8) is 0 Å². The van der Waals surface area contributed by atoms with Crippen LogP contribution in [0, 0.1) is 5.92 Å². The lowest BCUT2D eigenvalue weighted by molar-refractivity contribution is -0.907. The molecule has 0 aromatic heterocycles. The lowest BCUT2D eigenvalue weighted by atomic mass is 10.0. The minimum atomic E-state index is 0.0545. The van der Waals surface area contributed by atoms with Crippen LogP contribution in [0.5, 0.6) is 0 Å². The van der Waals surface area contributed by atoms with Crippen LogP contribution in [-0.4, -0.2) is 25.5 Å². The second-order valence-corrected chi connectivity index (χ2v) is 5.89. The highest BCUT2D eigenvalue weighted by Gasteiger charge is 2.20. The summed E-state index contributed by atoms with van der Waals surface area (Å²) in [5.41, 5.74) is 0.705. The number of anilines is 1. The zero-order valence-corrected chi connectivity index (χ0v) is 12.2. The first-order valence-electron chi connectivity index (χ1n) is 7.03. The van der Waals surface area contributed by atoms with Crippen molar-refractivity contribution in [2.24, 2.45) is 5.92 Å². The van der Waals surface area contributed by atoms with Crippen LogP contribution >= 0.6 is 11.6 Å². The monoisotopic (exact) mass is 281 g/mol. The van der Waals surface area contributed by atoms with Crippen molar-refractivity contribution in [3.8, 4) is 0 Å². The lowest BCUT2D eigenvalue weighted by Crippen LogP contribution is -3.13. The Kier molecular flexibility index (Phi) is 5.23. The van der Waals surface area contributed by atoms with E-state index in [1.807, 2.05) is 18.2 Å². The molecule has 0 saturated carbocycles. The highest BCUT2D eigenvalue weighted by atomic mass is 35.5. The number of rotatable bonds is 4. The van der Waals surface area contributed by atoms with Crippen LogP contribution in [-0.2, 0) is 4.79 Å². The Morgan fingerprint density at radius 3 is 3.00 bits per heavy atom. The summed E-state index contributed by atoms with van der Waals surface area (Å²) in [6.07, 6.45) is 3.17. The Morgan fingerprint density at radius 2 is 2.26 bits per heavy atom. The van der Waals surface area contributed by atoms with Crippen molar-refractivity contribution in [1.82, 2.24) is 0 Å². The van der Waals surface area contributed by atoms with Gasteiger partial charge >= 0.3 is 0 Å². The molecule has 1 aliphatic rings. The number of halogens is 1. The molecule has 0 spiro atoms. The van der Waals surface area contributed by atoms with E-state index in [9.17, 15) is 4.79 Å². The average Bonchev–Trinajstić information content (AvgIpc) is 2.39. The van der Waals surface area contributed by atoms with Gasteiger partial charge in [0.15, 0.2) is 0 Å². The molecule has 2 rings (SSSR count). The molecule has 1 aromatic rings. The molecule has 104 valence electrons. The van der Waals surface area contributed by atoms with Crippen LogP contribution in [0.1, 0.15) is 26.2 Å². The number of carbonyl (C=O) groups is 1. The van der Waals surface area contributed by atoms with E-state index in [2.05, 4.69) is 12.2 Å². The van der Waals surface area contributed by atoms with Gasteiger partial charge in [0.25, 0.3) is 0 Å². The third kappa shape index (κ3) is 4.51. The molecule has 1 aromatic carbocycles. The smallest absolute Gasteiger partial charge is 0.230 e. The Morgan fingerprint density at radius 1 is 1.47 bits per heavy atom. The van der Waals surface area contributed by atoms with Gasteiger partial charge in [0, 0.05) is 5.92 Å². The van der Waals surface area contributed by atoms with Crippen LogP contribution in [0.2, 0.25) is 5.02 Å². The van der Waals surface area contributed by atoms with Gasteiger partial charge in [-0.05, 0) is 25.0 Å². The van der Waals surface area contributed by atoms with E-state index in [4.69, 9.17) is 11.6 Å². The second-order valence-electron chi connectivity index (χ2n) is 5.48. The molecule has 2 N–H and O–H groups in total. The molecule has 3 nitrogen and oxygen atoms in total. The summed E-state index contributed by atoms with van der Waals surface area (Å²) in [5, 5.41) is 3.47. The first kappa shape index (κ1) is 14.4. The van der Waals surface area contributed by atoms with Crippen molar-refractivity contribution in [3.05, 3.63) is 29.3 Å². The maximum Gasteiger partial charge on any atom is 0.230 e. The van der Waals surface area contributed by atoms with E-state index >= 15 is 0 Å².